The number of carbonyl (C=O) groups is 2. The minimum atomic E-state index is -0.125. The van der Waals surface area contributed by atoms with E-state index in [1.165, 1.54) is 5.56 Å². The maximum absolute atomic E-state index is 12.2. The quantitative estimate of drug-likeness (QED) is 0.771. The first-order valence-electron chi connectivity index (χ1n) is 8.51. The number of likely N-dealkylation sites (tertiary alicyclic amines) is 1. The summed E-state index contributed by atoms with van der Waals surface area (Å²) in [5, 5.41) is 2.93. The first kappa shape index (κ1) is 17.5. The van der Waals surface area contributed by atoms with Crippen molar-refractivity contribution in [1.82, 2.24) is 0 Å². The zero-order chi connectivity index (χ0) is 16.7. The van der Waals surface area contributed by atoms with Gasteiger partial charge < -0.3 is 15.0 Å². The fourth-order valence-electron chi connectivity index (χ4n) is 3.03. The molecule has 0 radical (unpaired) electrons. The van der Waals surface area contributed by atoms with Gasteiger partial charge >= 0.3 is 5.97 Å². The Kier molecular flexibility index (Phi) is 6.59. The molecule has 1 heterocycles. The van der Waals surface area contributed by atoms with Crippen LogP contribution in [-0.4, -0.2) is 38.1 Å². The van der Waals surface area contributed by atoms with Crippen molar-refractivity contribution in [3.63, 3.8) is 0 Å². The molecule has 23 heavy (non-hydrogen) atoms. The number of piperidine rings is 1. The second kappa shape index (κ2) is 8.67. The van der Waals surface area contributed by atoms with E-state index in [2.05, 4.69) is 12.2 Å². The number of hydrogen-bond donors (Lipinski definition) is 2. The molecule has 1 aromatic carbocycles. The number of anilines is 1. The smallest absolute Gasteiger partial charge is 0.314 e. The summed E-state index contributed by atoms with van der Waals surface area (Å²) in [5.74, 6) is -0.204. The Hall–Kier alpha value is -1.88. The molecular weight excluding hydrogens is 292 g/mol. The molecule has 0 aliphatic carbocycles. The predicted molar refractivity (Wildman–Crippen MR) is 89.4 cm³/mol. The third-order valence-corrected chi connectivity index (χ3v) is 4.29. The zero-order valence-corrected chi connectivity index (χ0v) is 14.1. The average Bonchev–Trinajstić information content (AvgIpc) is 2.56. The number of esters is 1. The number of ether oxygens (including phenoxy) is 1. The van der Waals surface area contributed by atoms with E-state index in [9.17, 15) is 9.59 Å². The Morgan fingerprint density at radius 3 is 2.65 bits per heavy atom. The topological polar surface area (TPSA) is 59.8 Å². The van der Waals surface area contributed by atoms with Crippen LogP contribution in [0.3, 0.4) is 0 Å². The SMILES string of the molecule is CCOC(=O)[C@H]1CCC[NH+](CC(=O)Nc2ccc(CC)cc2)C1. The molecule has 0 saturated carbocycles. The molecular formula is C18H27N2O3+. The summed E-state index contributed by atoms with van der Waals surface area (Å²) < 4.78 is 5.10. The van der Waals surface area contributed by atoms with Crippen molar-refractivity contribution in [2.45, 2.75) is 33.1 Å². The van der Waals surface area contributed by atoms with Crippen LogP contribution in [0.5, 0.6) is 0 Å². The van der Waals surface area contributed by atoms with Gasteiger partial charge in [-0.15, -0.1) is 0 Å². The minimum absolute atomic E-state index is 0.00578. The fraction of sp³-hybridized carbons (Fsp3) is 0.556. The summed E-state index contributed by atoms with van der Waals surface area (Å²) >= 11 is 0. The second-order valence-corrected chi connectivity index (χ2v) is 6.07. The van der Waals surface area contributed by atoms with Crippen LogP contribution in [0.1, 0.15) is 32.3 Å². The highest BCUT2D eigenvalue weighted by Gasteiger charge is 2.30. The lowest BCUT2D eigenvalue weighted by Crippen LogP contribution is -3.14. The Morgan fingerprint density at radius 2 is 2.00 bits per heavy atom. The summed E-state index contributed by atoms with van der Waals surface area (Å²) in [6.45, 7) is 6.35. The summed E-state index contributed by atoms with van der Waals surface area (Å²) in [5.41, 5.74) is 2.08. The molecule has 5 heteroatoms. The highest BCUT2D eigenvalue weighted by Crippen LogP contribution is 2.11. The Balaban J connectivity index is 1.83. The molecule has 126 valence electrons. The summed E-state index contributed by atoms with van der Waals surface area (Å²) in [6.07, 6.45) is 2.81. The average molecular weight is 319 g/mol. The maximum Gasteiger partial charge on any atom is 0.314 e. The van der Waals surface area contributed by atoms with Crippen molar-refractivity contribution in [2.75, 3.05) is 31.6 Å². The highest BCUT2D eigenvalue weighted by atomic mass is 16.5. The predicted octanol–water partition coefficient (Wildman–Crippen LogP) is 1.05. The van der Waals surface area contributed by atoms with Crippen LogP contribution in [0, 0.1) is 5.92 Å². The molecule has 0 aromatic heterocycles. The van der Waals surface area contributed by atoms with Gasteiger partial charge in [0, 0.05) is 5.69 Å². The van der Waals surface area contributed by atoms with Gasteiger partial charge in [0.05, 0.1) is 19.7 Å². The van der Waals surface area contributed by atoms with Gasteiger partial charge in [0.2, 0.25) is 0 Å². The van der Waals surface area contributed by atoms with Crippen LogP contribution >= 0.6 is 0 Å². The van der Waals surface area contributed by atoms with Crippen LogP contribution in [0.2, 0.25) is 0 Å². The summed E-state index contributed by atoms with van der Waals surface area (Å²) in [7, 11) is 0. The third-order valence-electron chi connectivity index (χ3n) is 4.29. The van der Waals surface area contributed by atoms with Crippen LogP contribution in [-0.2, 0) is 20.7 Å². The zero-order valence-electron chi connectivity index (χ0n) is 14.1. The molecule has 1 unspecified atom stereocenters. The third kappa shape index (κ3) is 5.36. The number of nitrogens with one attached hydrogen (secondary N) is 2. The standard InChI is InChI=1S/C18H26N2O3/c1-3-14-7-9-16(10-8-14)19-17(21)13-20-11-5-6-15(12-20)18(22)23-4-2/h7-10,15H,3-6,11-13H2,1-2H3,(H,19,21)/p+1/t15-/m0/s1. The fourth-order valence-corrected chi connectivity index (χ4v) is 3.03. The lowest BCUT2D eigenvalue weighted by atomic mass is 9.98. The van der Waals surface area contributed by atoms with E-state index in [-0.39, 0.29) is 17.8 Å². The molecule has 1 fully saturated rings. The van der Waals surface area contributed by atoms with Gasteiger partial charge in [0.1, 0.15) is 5.92 Å². The molecule has 1 amide bonds. The van der Waals surface area contributed by atoms with E-state index in [4.69, 9.17) is 4.74 Å². The first-order valence-corrected chi connectivity index (χ1v) is 8.51. The molecule has 5 nitrogen and oxygen atoms in total. The van der Waals surface area contributed by atoms with E-state index >= 15 is 0 Å². The van der Waals surface area contributed by atoms with Crippen molar-refractivity contribution < 1.29 is 19.2 Å². The van der Waals surface area contributed by atoms with Crippen molar-refractivity contribution in [3.05, 3.63) is 29.8 Å². The number of benzene rings is 1. The molecule has 2 rings (SSSR count). The van der Waals surface area contributed by atoms with Gasteiger partial charge in [-0.1, -0.05) is 19.1 Å². The van der Waals surface area contributed by atoms with E-state index in [1.54, 1.807) is 0 Å². The Bertz CT molecular complexity index is 528. The molecule has 1 aliphatic heterocycles. The second-order valence-electron chi connectivity index (χ2n) is 6.07. The maximum atomic E-state index is 12.2. The van der Waals surface area contributed by atoms with Gasteiger partial charge in [-0.05, 0) is 43.9 Å². The van der Waals surface area contributed by atoms with Gasteiger partial charge in [0.25, 0.3) is 5.91 Å². The van der Waals surface area contributed by atoms with Gasteiger partial charge in [-0.2, -0.15) is 0 Å². The van der Waals surface area contributed by atoms with Gasteiger partial charge in [-0.25, -0.2) is 0 Å². The molecule has 1 aliphatic rings. The van der Waals surface area contributed by atoms with Gasteiger partial charge in [-0.3, -0.25) is 9.59 Å². The molecule has 2 N–H and O–H groups in total. The number of amides is 1. The molecule has 2 atom stereocenters. The van der Waals surface area contributed by atoms with Crippen LogP contribution in [0.4, 0.5) is 5.69 Å². The largest absolute Gasteiger partial charge is 0.466 e. The Labute approximate surface area is 138 Å². The minimum Gasteiger partial charge on any atom is -0.466 e. The number of aryl methyl sites for hydroxylation is 1. The van der Waals surface area contributed by atoms with Crippen molar-refractivity contribution in [3.8, 4) is 0 Å². The normalized spacial score (nSPS) is 20.8. The number of quaternary nitrogens is 1. The van der Waals surface area contributed by atoms with E-state index in [0.29, 0.717) is 19.7 Å². The molecule has 0 spiro atoms. The van der Waals surface area contributed by atoms with Crippen LogP contribution in [0.15, 0.2) is 24.3 Å². The van der Waals surface area contributed by atoms with Crippen LogP contribution in [0.25, 0.3) is 0 Å². The molecule has 1 saturated heterocycles. The first-order chi connectivity index (χ1) is 11.1. The van der Waals surface area contributed by atoms with E-state index in [0.717, 1.165) is 36.4 Å². The molecule has 0 bridgehead atoms. The van der Waals surface area contributed by atoms with E-state index < -0.39 is 0 Å². The highest BCUT2D eigenvalue weighted by molar-refractivity contribution is 5.91. The number of rotatable bonds is 6. The number of carbonyl (C=O) groups excluding carboxylic acids is 2. The van der Waals surface area contributed by atoms with Gasteiger partial charge in [0.15, 0.2) is 6.54 Å². The number of hydrogen-bond acceptors (Lipinski definition) is 3. The summed E-state index contributed by atoms with van der Waals surface area (Å²) in [4.78, 5) is 25.2. The lowest BCUT2D eigenvalue weighted by molar-refractivity contribution is -0.899. The summed E-state index contributed by atoms with van der Waals surface area (Å²) in [6, 6.07) is 7.92. The van der Waals surface area contributed by atoms with Crippen molar-refractivity contribution in [2.24, 2.45) is 5.92 Å². The molecule has 1 aromatic rings. The van der Waals surface area contributed by atoms with E-state index in [1.807, 2.05) is 31.2 Å². The lowest BCUT2D eigenvalue weighted by Gasteiger charge is -2.28. The van der Waals surface area contributed by atoms with Crippen molar-refractivity contribution >= 4 is 17.6 Å². The van der Waals surface area contributed by atoms with Crippen LogP contribution < -0.4 is 10.2 Å². The van der Waals surface area contributed by atoms with Crippen molar-refractivity contribution in [1.29, 1.82) is 0 Å². The monoisotopic (exact) mass is 319 g/mol. The Morgan fingerprint density at radius 1 is 1.26 bits per heavy atom.